The van der Waals surface area contributed by atoms with Crippen molar-refractivity contribution in [3.63, 3.8) is 0 Å². The third-order valence-electron chi connectivity index (χ3n) is 7.89. The molecule has 10 nitrogen and oxygen atoms in total. The van der Waals surface area contributed by atoms with Gasteiger partial charge >= 0.3 is 5.97 Å². The van der Waals surface area contributed by atoms with E-state index in [0.717, 1.165) is 37.6 Å². The number of hydrogen-bond acceptors (Lipinski definition) is 9. The molecule has 0 aliphatic carbocycles. The van der Waals surface area contributed by atoms with Gasteiger partial charge in [0.05, 0.1) is 38.6 Å². The number of carbonyl (C=O) groups is 2. The maximum absolute atomic E-state index is 13.8. The maximum atomic E-state index is 13.8. The molecule has 12 heteroatoms. The van der Waals surface area contributed by atoms with E-state index in [1.807, 2.05) is 23.1 Å². The van der Waals surface area contributed by atoms with Crippen LogP contribution in [0.4, 0.5) is 0 Å². The molecule has 0 saturated carbocycles. The Balaban J connectivity index is 1.49. The molecule has 0 radical (unpaired) electrons. The summed E-state index contributed by atoms with van der Waals surface area (Å²) in [4.78, 5) is 40.2. The highest BCUT2D eigenvalue weighted by Gasteiger charge is 2.31. The van der Waals surface area contributed by atoms with Gasteiger partial charge in [-0.15, -0.1) is 11.3 Å². The number of aryl methyl sites for hydroxylation is 2. The van der Waals surface area contributed by atoms with Gasteiger partial charge in [-0.2, -0.15) is 5.10 Å². The first-order valence-corrected chi connectivity index (χ1v) is 15.9. The van der Waals surface area contributed by atoms with Gasteiger partial charge in [-0.05, 0) is 73.7 Å². The SMILES string of the molecule is CCOC(=O)c1c(CCCc2ncn[nH]2)nc2sc3c(c2c1-c1ccc(OC)c(OC)c1)CCN(C(=O)c1ccc(Cl)cc1)C3. The molecule has 0 spiro atoms. The number of benzene rings is 2. The number of halogens is 1. The second-order valence-electron chi connectivity index (χ2n) is 10.6. The van der Waals surface area contributed by atoms with Crippen LogP contribution in [0.1, 0.15) is 56.0 Å². The Morgan fingerprint density at radius 1 is 1.07 bits per heavy atom. The van der Waals surface area contributed by atoms with E-state index < -0.39 is 5.97 Å². The molecule has 4 heterocycles. The third-order valence-corrected chi connectivity index (χ3v) is 9.25. The molecule has 1 aliphatic heterocycles. The maximum Gasteiger partial charge on any atom is 0.340 e. The number of esters is 1. The van der Waals surface area contributed by atoms with Gasteiger partial charge in [0, 0.05) is 39.4 Å². The largest absolute Gasteiger partial charge is 0.493 e. The van der Waals surface area contributed by atoms with E-state index in [1.165, 1.54) is 6.33 Å². The second kappa shape index (κ2) is 13.3. The number of hydrogen-bond donors (Lipinski definition) is 1. The monoisotopic (exact) mass is 645 g/mol. The van der Waals surface area contributed by atoms with Crippen molar-refractivity contribution in [3.8, 4) is 22.6 Å². The van der Waals surface area contributed by atoms with E-state index in [-0.39, 0.29) is 12.5 Å². The number of methoxy groups -OCH3 is 2. The van der Waals surface area contributed by atoms with E-state index in [4.69, 9.17) is 30.8 Å². The number of H-pyrrole nitrogens is 1. The van der Waals surface area contributed by atoms with Gasteiger partial charge in [0.15, 0.2) is 11.5 Å². The van der Waals surface area contributed by atoms with E-state index in [0.29, 0.717) is 72.1 Å². The highest BCUT2D eigenvalue weighted by atomic mass is 35.5. The Kier molecular flexibility index (Phi) is 8.99. The number of thiophene rings is 1. The average Bonchev–Trinajstić information content (AvgIpc) is 3.71. The molecule has 6 rings (SSSR count). The molecule has 2 aromatic carbocycles. The summed E-state index contributed by atoms with van der Waals surface area (Å²) in [7, 11) is 3.18. The first-order valence-electron chi connectivity index (χ1n) is 14.7. The van der Waals surface area contributed by atoms with Crippen LogP contribution in [0.15, 0.2) is 48.8 Å². The van der Waals surface area contributed by atoms with Gasteiger partial charge in [-0.25, -0.2) is 14.8 Å². The van der Waals surface area contributed by atoms with Gasteiger partial charge < -0.3 is 19.1 Å². The van der Waals surface area contributed by atoms with E-state index in [1.54, 1.807) is 56.7 Å². The molecule has 0 saturated heterocycles. The summed E-state index contributed by atoms with van der Waals surface area (Å²) in [5.74, 6) is 1.42. The number of fused-ring (bicyclic) bond motifs is 3. The minimum atomic E-state index is -0.429. The van der Waals surface area contributed by atoms with Crippen molar-refractivity contribution in [2.24, 2.45) is 0 Å². The second-order valence-corrected chi connectivity index (χ2v) is 12.1. The number of pyridine rings is 1. The van der Waals surface area contributed by atoms with E-state index >= 15 is 0 Å². The number of nitrogens with one attached hydrogen (secondary N) is 1. The first-order chi connectivity index (χ1) is 21.9. The van der Waals surface area contributed by atoms with Crippen LogP contribution >= 0.6 is 22.9 Å². The molecule has 0 atom stereocenters. The van der Waals surface area contributed by atoms with Crippen LogP contribution in [0.2, 0.25) is 5.02 Å². The van der Waals surface area contributed by atoms with Crippen LogP contribution in [0, 0.1) is 0 Å². The van der Waals surface area contributed by atoms with Crippen molar-refractivity contribution < 1.29 is 23.8 Å². The van der Waals surface area contributed by atoms with Crippen molar-refractivity contribution in [1.82, 2.24) is 25.1 Å². The van der Waals surface area contributed by atoms with Crippen LogP contribution in [0.25, 0.3) is 21.3 Å². The van der Waals surface area contributed by atoms with E-state index in [2.05, 4.69) is 15.2 Å². The van der Waals surface area contributed by atoms with Gasteiger partial charge in [0.2, 0.25) is 0 Å². The Morgan fingerprint density at radius 3 is 2.58 bits per heavy atom. The lowest BCUT2D eigenvalue weighted by Gasteiger charge is -2.27. The van der Waals surface area contributed by atoms with Crippen molar-refractivity contribution in [3.05, 3.63) is 86.9 Å². The fourth-order valence-corrected chi connectivity index (χ4v) is 7.17. The molecule has 5 aromatic rings. The van der Waals surface area contributed by atoms with Crippen molar-refractivity contribution >= 4 is 45.0 Å². The minimum Gasteiger partial charge on any atom is -0.493 e. The third kappa shape index (κ3) is 6.10. The summed E-state index contributed by atoms with van der Waals surface area (Å²) in [5, 5.41) is 8.33. The number of ether oxygens (including phenoxy) is 3. The fraction of sp³-hybridized carbons (Fsp3) is 0.303. The molecule has 0 fully saturated rings. The van der Waals surface area contributed by atoms with Crippen LogP contribution < -0.4 is 9.47 Å². The van der Waals surface area contributed by atoms with Crippen LogP contribution in [-0.4, -0.2) is 64.3 Å². The zero-order chi connectivity index (χ0) is 31.5. The van der Waals surface area contributed by atoms with Gasteiger partial charge in [0.25, 0.3) is 5.91 Å². The van der Waals surface area contributed by atoms with Crippen LogP contribution in [0.5, 0.6) is 11.5 Å². The standard InChI is InChI=1S/C33H32ClN5O5S/c1-4-44-33(41)30-23(6-5-7-27-35-18-36-38-27)37-31-29(28(30)20-10-13-24(42-2)25(16-20)43-3)22-14-15-39(17-26(22)45-31)32(40)19-8-11-21(34)12-9-19/h8-13,16,18H,4-7,14-15,17H2,1-3H3,(H,35,36,38). The summed E-state index contributed by atoms with van der Waals surface area (Å²) < 4.78 is 16.8. The lowest BCUT2D eigenvalue weighted by atomic mass is 9.90. The molecule has 45 heavy (non-hydrogen) atoms. The number of carbonyl (C=O) groups excluding carboxylic acids is 2. The number of rotatable bonds is 10. The summed E-state index contributed by atoms with van der Waals surface area (Å²) in [6.45, 7) is 2.99. The van der Waals surface area contributed by atoms with E-state index in [9.17, 15) is 9.59 Å². The van der Waals surface area contributed by atoms with Crippen molar-refractivity contribution in [2.75, 3.05) is 27.4 Å². The van der Waals surface area contributed by atoms with Crippen LogP contribution in [0.3, 0.4) is 0 Å². The fourth-order valence-electron chi connectivity index (χ4n) is 5.78. The molecule has 0 bridgehead atoms. The Hall–Kier alpha value is -4.48. The lowest BCUT2D eigenvalue weighted by Crippen LogP contribution is -2.35. The highest BCUT2D eigenvalue weighted by Crippen LogP contribution is 2.45. The summed E-state index contributed by atoms with van der Waals surface area (Å²) in [6, 6.07) is 12.6. The quantitative estimate of drug-likeness (QED) is 0.176. The predicted octanol–water partition coefficient (Wildman–Crippen LogP) is 6.30. The van der Waals surface area contributed by atoms with Gasteiger partial charge in [-0.3, -0.25) is 9.89 Å². The summed E-state index contributed by atoms with van der Waals surface area (Å²) in [6.07, 6.45) is 3.96. The zero-order valence-corrected chi connectivity index (χ0v) is 26.8. The first kappa shape index (κ1) is 30.5. The lowest BCUT2D eigenvalue weighted by molar-refractivity contribution is 0.0525. The normalized spacial score (nSPS) is 12.7. The molecule has 1 amide bonds. The van der Waals surface area contributed by atoms with Gasteiger partial charge in [-0.1, -0.05) is 17.7 Å². The zero-order valence-electron chi connectivity index (χ0n) is 25.2. The van der Waals surface area contributed by atoms with Gasteiger partial charge in [0.1, 0.15) is 17.0 Å². The Bertz CT molecular complexity index is 1860. The summed E-state index contributed by atoms with van der Waals surface area (Å²) >= 11 is 7.62. The predicted molar refractivity (Wildman–Crippen MR) is 172 cm³/mol. The number of amides is 1. The minimum absolute atomic E-state index is 0.0526. The highest BCUT2D eigenvalue weighted by molar-refractivity contribution is 7.19. The molecule has 1 aliphatic rings. The number of nitrogens with zero attached hydrogens (tertiary/aromatic N) is 4. The Morgan fingerprint density at radius 2 is 1.87 bits per heavy atom. The van der Waals surface area contributed by atoms with Crippen molar-refractivity contribution in [1.29, 1.82) is 0 Å². The smallest absolute Gasteiger partial charge is 0.340 e. The Labute approximate surface area is 269 Å². The summed E-state index contributed by atoms with van der Waals surface area (Å²) in [5.41, 5.74) is 4.31. The molecule has 3 aromatic heterocycles. The molecular formula is C33H32ClN5O5S. The molecule has 1 N–H and O–H groups in total. The van der Waals surface area contributed by atoms with Crippen LogP contribution in [-0.2, 0) is 30.5 Å². The number of aromatic nitrogens is 4. The molecule has 232 valence electrons. The topological polar surface area (TPSA) is 120 Å². The molecular weight excluding hydrogens is 614 g/mol. The molecule has 0 unspecified atom stereocenters. The van der Waals surface area contributed by atoms with Crippen molar-refractivity contribution in [2.45, 2.75) is 39.2 Å². The average molecular weight is 646 g/mol. The number of aromatic amines is 1.